The lowest BCUT2D eigenvalue weighted by molar-refractivity contribution is -0.527. The van der Waals surface area contributed by atoms with E-state index >= 15 is 0 Å². The Balaban J connectivity index is 2.20. The Hall–Kier alpha value is -2.08. The molecule has 0 amide bonds. The Morgan fingerprint density at radius 1 is 1.50 bits per heavy atom. The smallest absolute Gasteiger partial charge is 0.347 e. The van der Waals surface area contributed by atoms with Crippen molar-refractivity contribution in [1.29, 1.82) is 0 Å². The molecule has 0 radical (unpaired) electrons. The van der Waals surface area contributed by atoms with Crippen molar-refractivity contribution in [1.82, 2.24) is 9.97 Å². The molecule has 0 spiro atoms. The van der Waals surface area contributed by atoms with Gasteiger partial charge in [-0.3, -0.25) is 4.98 Å². The minimum Gasteiger partial charge on any atom is -0.828 e. The summed E-state index contributed by atoms with van der Waals surface area (Å²) in [6.45, 7) is 0. The second-order valence-electron chi connectivity index (χ2n) is 4.38. The number of aromatic amines is 1. The van der Waals surface area contributed by atoms with Crippen LogP contribution in [0.3, 0.4) is 0 Å². The normalized spacial score (nSPS) is 31.6. The summed E-state index contributed by atoms with van der Waals surface area (Å²) in [7, 11) is 1.00. The van der Waals surface area contributed by atoms with Gasteiger partial charge in [-0.25, -0.2) is 9.59 Å². The van der Waals surface area contributed by atoms with Crippen molar-refractivity contribution in [3.63, 3.8) is 0 Å². The van der Waals surface area contributed by atoms with E-state index in [4.69, 9.17) is 4.74 Å². The van der Waals surface area contributed by atoms with Crippen molar-refractivity contribution in [2.75, 3.05) is 7.11 Å². The van der Waals surface area contributed by atoms with Crippen molar-refractivity contribution in [2.24, 2.45) is 0 Å². The van der Waals surface area contributed by atoms with Gasteiger partial charge in [0.1, 0.15) is 18.3 Å². The third-order valence-electron chi connectivity index (χ3n) is 2.97. The highest BCUT2D eigenvalue weighted by atomic mass is 19.1. The maximum atomic E-state index is 13.4. The number of H-pyrrole nitrogens is 1. The molecule has 1 aliphatic heterocycles. The van der Waals surface area contributed by atoms with Gasteiger partial charge in [0, 0.05) is 6.29 Å². The molecule has 1 fully saturated rings. The molecule has 10 nitrogen and oxygen atoms in total. The summed E-state index contributed by atoms with van der Waals surface area (Å²) in [6.07, 6.45) is -8.78. The first-order valence-corrected chi connectivity index (χ1v) is 6.02. The van der Waals surface area contributed by atoms with Crippen LogP contribution in [0.25, 0.3) is 0 Å². The Labute approximate surface area is 122 Å². The van der Waals surface area contributed by atoms with Crippen LogP contribution >= 0.6 is 0 Å². The van der Waals surface area contributed by atoms with Crippen LogP contribution in [0.5, 0.6) is 5.88 Å². The molecule has 122 valence electrons. The topological polar surface area (TPSA) is 154 Å². The lowest BCUT2D eigenvalue weighted by Crippen LogP contribution is -2.65. The number of methoxy groups -OCH3 is 1. The van der Waals surface area contributed by atoms with E-state index in [2.05, 4.69) is 14.5 Å². The number of carbonyl (C=O) groups excluding carboxylic acids is 1. The second kappa shape index (κ2) is 6.36. The summed E-state index contributed by atoms with van der Waals surface area (Å²) in [6, 6.07) is 0. The molecule has 0 unspecified atom stereocenters. The zero-order chi connectivity index (χ0) is 16.4. The first-order chi connectivity index (χ1) is 10.3. The van der Waals surface area contributed by atoms with Crippen LogP contribution in [0.15, 0.2) is 11.0 Å². The van der Waals surface area contributed by atoms with Gasteiger partial charge < -0.3 is 29.5 Å². The molecule has 2 heterocycles. The van der Waals surface area contributed by atoms with E-state index in [0.29, 0.717) is 6.20 Å². The average molecular weight is 319 g/mol. The Morgan fingerprint density at radius 3 is 2.82 bits per heavy atom. The maximum Gasteiger partial charge on any atom is 0.347 e. The molecule has 22 heavy (non-hydrogen) atoms. The minimum atomic E-state index is -2.14. The number of nitrogens with one attached hydrogen (secondary N) is 1. The van der Waals surface area contributed by atoms with E-state index < -0.39 is 54.1 Å². The summed E-state index contributed by atoms with van der Waals surface area (Å²) in [5.41, 5.74) is -0.946. The molecule has 1 saturated heterocycles. The maximum absolute atomic E-state index is 13.4. The van der Waals surface area contributed by atoms with Gasteiger partial charge in [-0.1, -0.05) is 0 Å². The lowest BCUT2D eigenvalue weighted by Gasteiger charge is -2.44. The van der Waals surface area contributed by atoms with E-state index in [1.807, 2.05) is 4.98 Å². The quantitative estimate of drug-likeness (QED) is 0.484. The van der Waals surface area contributed by atoms with Gasteiger partial charge in [0.05, 0.1) is 13.3 Å². The van der Waals surface area contributed by atoms with E-state index in [-0.39, 0.29) is 0 Å². The molecule has 1 aromatic rings. The number of halogens is 1. The van der Waals surface area contributed by atoms with Crippen molar-refractivity contribution >= 4 is 5.97 Å². The van der Waals surface area contributed by atoms with Crippen LogP contribution < -0.4 is 15.5 Å². The van der Waals surface area contributed by atoms with E-state index in [1.54, 1.807) is 0 Å². The molecule has 3 N–H and O–H groups in total. The molecule has 5 atom stereocenters. The van der Waals surface area contributed by atoms with Crippen LogP contribution in [0, 0.1) is 5.82 Å². The number of carbonyl (C=O) groups is 1. The van der Waals surface area contributed by atoms with Crippen LogP contribution in [0.1, 0.15) is 0 Å². The van der Waals surface area contributed by atoms with E-state index in [1.165, 1.54) is 0 Å². The zero-order valence-electron chi connectivity index (χ0n) is 11.1. The third-order valence-corrected chi connectivity index (χ3v) is 2.97. The monoisotopic (exact) mass is 319 g/mol. The van der Waals surface area contributed by atoms with Crippen molar-refractivity contribution in [3.8, 4) is 5.88 Å². The Kier molecular flexibility index (Phi) is 4.71. The Bertz CT molecular complexity index is 608. The highest BCUT2D eigenvalue weighted by molar-refractivity contribution is 5.75. The lowest BCUT2D eigenvalue weighted by atomic mass is 9.99. The summed E-state index contributed by atoms with van der Waals surface area (Å²) in [5, 5.41) is 31.4. The molecular weight excluding hydrogens is 307 g/mol. The first-order valence-electron chi connectivity index (χ1n) is 6.02. The van der Waals surface area contributed by atoms with Crippen molar-refractivity contribution in [3.05, 3.63) is 22.5 Å². The number of hydrogen-bond donors (Lipinski definition) is 3. The fraction of sp³-hybridized carbons (Fsp3) is 0.545. The number of ether oxygens (including phenoxy) is 3. The van der Waals surface area contributed by atoms with Crippen molar-refractivity contribution < 1.29 is 38.7 Å². The molecule has 0 saturated carbocycles. The van der Waals surface area contributed by atoms with E-state index in [0.717, 1.165) is 7.11 Å². The number of esters is 1. The Morgan fingerprint density at radius 2 is 2.18 bits per heavy atom. The zero-order valence-corrected chi connectivity index (χ0v) is 11.1. The third kappa shape index (κ3) is 3.06. The summed E-state index contributed by atoms with van der Waals surface area (Å²) >= 11 is 0. The van der Waals surface area contributed by atoms with Gasteiger partial charge in [0.15, 0.2) is 6.10 Å². The molecule has 11 heteroatoms. The molecule has 1 aromatic heterocycles. The number of rotatable bonds is 3. The van der Waals surface area contributed by atoms with Gasteiger partial charge in [-0.2, -0.15) is 9.37 Å². The molecule has 0 aliphatic carbocycles. The molecule has 1 aliphatic rings. The number of aliphatic hydroxyl groups is 2. The summed E-state index contributed by atoms with van der Waals surface area (Å²) < 4.78 is 27.3. The SMILES string of the molecule is COC(=O)[C@H]1O[C@@H]([O-])[C@H](Oc2[nH]c(=O)ncc2F)[C@@H](O)[C@@H]1O. The fourth-order valence-corrected chi connectivity index (χ4v) is 1.86. The van der Waals surface area contributed by atoms with Crippen LogP contribution in [0.2, 0.25) is 0 Å². The first kappa shape index (κ1) is 16.3. The number of nitrogens with zero attached hydrogens (tertiary/aromatic N) is 1. The predicted molar refractivity (Wildman–Crippen MR) is 61.9 cm³/mol. The molecule has 2 rings (SSSR count). The number of aliphatic hydroxyl groups excluding tert-OH is 2. The van der Waals surface area contributed by atoms with Crippen LogP contribution in [-0.4, -0.2) is 64.0 Å². The largest absolute Gasteiger partial charge is 0.828 e. The average Bonchev–Trinajstić information content (AvgIpc) is 2.49. The fourth-order valence-electron chi connectivity index (χ4n) is 1.86. The summed E-state index contributed by atoms with van der Waals surface area (Å²) in [5.74, 6) is -2.91. The van der Waals surface area contributed by atoms with Gasteiger partial charge in [-0.15, -0.1) is 0 Å². The van der Waals surface area contributed by atoms with Crippen LogP contribution in [-0.2, 0) is 14.3 Å². The van der Waals surface area contributed by atoms with Gasteiger partial charge in [0.2, 0.25) is 11.7 Å². The van der Waals surface area contributed by atoms with Gasteiger partial charge >= 0.3 is 11.7 Å². The summed E-state index contributed by atoms with van der Waals surface area (Å²) in [4.78, 5) is 27.3. The predicted octanol–water partition coefficient (Wildman–Crippen LogP) is -3.36. The highest BCUT2D eigenvalue weighted by Gasteiger charge is 2.45. The van der Waals surface area contributed by atoms with Crippen molar-refractivity contribution in [2.45, 2.75) is 30.7 Å². The second-order valence-corrected chi connectivity index (χ2v) is 4.38. The highest BCUT2D eigenvalue weighted by Crippen LogP contribution is 2.23. The van der Waals surface area contributed by atoms with Gasteiger partial charge in [-0.05, 0) is 0 Å². The minimum absolute atomic E-state index is 0.553. The van der Waals surface area contributed by atoms with Crippen LogP contribution in [0.4, 0.5) is 4.39 Å². The standard InChI is InChI=1S/C11H12FN2O8/c1-20-9(17)6-4(15)5(16)7(10(18)22-6)21-8-3(12)2-13-11(19)14-8/h2,4-7,10,15-16H,1H3,(H,13,14,19)/q-1/t4-,5-,6-,7+,10+/m0/s1. The number of aromatic nitrogens is 2. The molecule has 0 bridgehead atoms. The van der Waals surface area contributed by atoms with Gasteiger partial charge in [0.25, 0.3) is 0 Å². The van der Waals surface area contributed by atoms with E-state index in [9.17, 15) is 29.3 Å². The number of hydrogen-bond acceptors (Lipinski definition) is 9. The molecular formula is C11H12FN2O8-. The molecule has 0 aromatic carbocycles.